The summed E-state index contributed by atoms with van der Waals surface area (Å²) in [5.74, 6) is 0.985. The molecule has 22 heavy (non-hydrogen) atoms. The normalized spacial score (nSPS) is 25.0. The Kier molecular flexibility index (Phi) is 4.57. The van der Waals surface area contributed by atoms with E-state index in [0.29, 0.717) is 6.04 Å². The number of ether oxygens (including phenoxy) is 1. The van der Waals surface area contributed by atoms with Crippen molar-refractivity contribution in [2.45, 2.75) is 52.1 Å². The first kappa shape index (κ1) is 16.0. The zero-order chi connectivity index (χ0) is 15.7. The molecule has 0 aliphatic carbocycles. The van der Waals surface area contributed by atoms with Gasteiger partial charge in [0.1, 0.15) is 5.76 Å². The van der Waals surface area contributed by atoms with Gasteiger partial charge in [0.2, 0.25) is 0 Å². The van der Waals surface area contributed by atoms with Crippen LogP contribution in [0.25, 0.3) is 0 Å². The van der Waals surface area contributed by atoms with Crippen LogP contribution in [0.2, 0.25) is 0 Å². The van der Waals surface area contributed by atoms with Gasteiger partial charge >= 0.3 is 0 Å². The molecule has 2 saturated heterocycles. The van der Waals surface area contributed by atoms with Gasteiger partial charge in [-0.25, -0.2) is 0 Å². The summed E-state index contributed by atoms with van der Waals surface area (Å²) in [4.78, 5) is 5.20. The fourth-order valence-corrected chi connectivity index (χ4v) is 4.07. The van der Waals surface area contributed by atoms with Gasteiger partial charge in [0, 0.05) is 36.8 Å². The van der Waals surface area contributed by atoms with Crippen LogP contribution in [0.1, 0.15) is 49.7 Å². The van der Waals surface area contributed by atoms with Gasteiger partial charge in [-0.1, -0.05) is 5.16 Å². The lowest BCUT2D eigenvalue weighted by molar-refractivity contribution is -0.0231. The van der Waals surface area contributed by atoms with E-state index >= 15 is 0 Å². The molecule has 1 aromatic heterocycles. The van der Waals surface area contributed by atoms with E-state index in [0.717, 1.165) is 44.3 Å². The molecule has 2 fully saturated rings. The van der Waals surface area contributed by atoms with Crippen molar-refractivity contribution in [3.8, 4) is 0 Å². The second-order valence-electron chi connectivity index (χ2n) is 7.28. The van der Waals surface area contributed by atoms with Gasteiger partial charge < -0.3 is 9.26 Å². The minimum absolute atomic E-state index is 0.172. The largest absolute Gasteiger partial charge is 0.379 e. The van der Waals surface area contributed by atoms with Crippen LogP contribution in [0.5, 0.6) is 0 Å². The van der Waals surface area contributed by atoms with Gasteiger partial charge in [-0.05, 0) is 47.1 Å². The minimum atomic E-state index is 0.172. The Balaban J connectivity index is 1.73. The molecule has 2 aliphatic rings. The van der Waals surface area contributed by atoms with Gasteiger partial charge in [-0.2, -0.15) is 0 Å². The summed E-state index contributed by atoms with van der Waals surface area (Å²) in [6.07, 6.45) is 2.47. The number of rotatable bonds is 4. The molecule has 3 rings (SSSR count). The highest BCUT2D eigenvalue weighted by Gasteiger charge is 2.36. The van der Waals surface area contributed by atoms with Crippen LogP contribution in [0.4, 0.5) is 0 Å². The maximum atomic E-state index is 5.50. The third-order valence-electron chi connectivity index (χ3n) is 5.24. The van der Waals surface area contributed by atoms with Gasteiger partial charge in [0.25, 0.3) is 0 Å². The van der Waals surface area contributed by atoms with Crippen molar-refractivity contribution in [3.63, 3.8) is 0 Å². The molecule has 0 amide bonds. The molecule has 0 bridgehead atoms. The summed E-state index contributed by atoms with van der Waals surface area (Å²) >= 11 is 0. The minimum Gasteiger partial charge on any atom is -0.379 e. The highest BCUT2D eigenvalue weighted by molar-refractivity contribution is 5.26. The lowest BCUT2D eigenvalue weighted by atomic mass is 9.98. The monoisotopic (exact) mass is 307 g/mol. The first-order valence-electron chi connectivity index (χ1n) is 8.48. The number of aryl methyl sites for hydroxylation is 2. The predicted molar refractivity (Wildman–Crippen MR) is 86.0 cm³/mol. The lowest BCUT2D eigenvalue weighted by Gasteiger charge is -2.44. The summed E-state index contributed by atoms with van der Waals surface area (Å²) in [7, 11) is 0. The lowest BCUT2D eigenvalue weighted by Crippen LogP contribution is -2.55. The van der Waals surface area contributed by atoms with Crippen LogP contribution in [-0.4, -0.2) is 59.9 Å². The summed E-state index contributed by atoms with van der Waals surface area (Å²) in [6.45, 7) is 14.9. The fourth-order valence-electron chi connectivity index (χ4n) is 4.07. The SMILES string of the molecule is Cc1noc(C)c1[C@H]1CCCN1CC(C)(C)N1CCOCC1. The maximum Gasteiger partial charge on any atom is 0.138 e. The number of hydrogen-bond donors (Lipinski definition) is 0. The summed E-state index contributed by atoms with van der Waals surface area (Å²) in [6, 6.07) is 0.464. The Morgan fingerprint density at radius 3 is 2.55 bits per heavy atom. The van der Waals surface area contributed by atoms with Crippen molar-refractivity contribution >= 4 is 0 Å². The van der Waals surface area contributed by atoms with Crippen LogP contribution in [0.3, 0.4) is 0 Å². The molecule has 1 atom stereocenters. The topological polar surface area (TPSA) is 41.7 Å². The van der Waals surface area contributed by atoms with E-state index in [-0.39, 0.29) is 5.54 Å². The standard InChI is InChI=1S/C17H29N3O2/c1-13-16(14(2)22-18-13)15-6-5-7-19(15)12-17(3,4)20-8-10-21-11-9-20/h15H,5-12H2,1-4H3/t15-/m1/s1. The quantitative estimate of drug-likeness (QED) is 0.855. The molecule has 0 saturated carbocycles. The fraction of sp³-hybridized carbons (Fsp3) is 0.824. The number of morpholine rings is 1. The Bertz CT molecular complexity index is 487. The van der Waals surface area contributed by atoms with E-state index in [9.17, 15) is 0 Å². The van der Waals surface area contributed by atoms with Crippen molar-refractivity contribution in [2.75, 3.05) is 39.4 Å². The van der Waals surface area contributed by atoms with Crippen molar-refractivity contribution in [1.29, 1.82) is 0 Å². The van der Waals surface area contributed by atoms with E-state index in [1.54, 1.807) is 0 Å². The smallest absolute Gasteiger partial charge is 0.138 e. The van der Waals surface area contributed by atoms with Crippen LogP contribution >= 0.6 is 0 Å². The van der Waals surface area contributed by atoms with Gasteiger partial charge in [0.05, 0.1) is 18.9 Å². The van der Waals surface area contributed by atoms with E-state index in [2.05, 4.69) is 35.7 Å². The summed E-state index contributed by atoms with van der Waals surface area (Å²) < 4.78 is 10.9. The first-order chi connectivity index (χ1) is 10.5. The van der Waals surface area contributed by atoms with E-state index in [1.165, 1.54) is 24.9 Å². The Hall–Kier alpha value is -0.910. The second kappa shape index (κ2) is 6.30. The Morgan fingerprint density at radius 2 is 1.91 bits per heavy atom. The molecule has 0 N–H and O–H groups in total. The second-order valence-corrected chi connectivity index (χ2v) is 7.28. The van der Waals surface area contributed by atoms with Crippen LogP contribution in [0.15, 0.2) is 4.52 Å². The Morgan fingerprint density at radius 1 is 1.18 bits per heavy atom. The summed E-state index contributed by atoms with van der Waals surface area (Å²) in [5, 5.41) is 4.15. The highest BCUT2D eigenvalue weighted by atomic mass is 16.5. The van der Waals surface area contributed by atoms with E-state index < -0.39 is 0 Å². The van der Waals surface area contributed by atoms with Gasteiger partial charge in [-0.3, -0.25) is 9.80 Å². The van der Waals surface area contributed by atoms with Crippen LogP contribution in [0, 0.1) is 13.8 Å². The van der Waals surface area contributed by atoms with Crippen molar-refractivity contribution < 1.29 is 9.26 Å². The van der Waals surface area contributed by atoms with Crippen LogP contribution < -0.4 is 0 Å². The zero-order valence-corrected chi connectivity index (χ0v) is 14.4. The average molecular weight is 307 g/mol. The molecule has 1 aromatic rings. The maximum absolute atomic E-state index is 5.50. The molecule has 5 heteroatoms. The zero-order valence-electron chi connectivity index (χ0n) is 14.4. The average Bonchev–Trinajstić information content (AvgIpc) is 3.06. The number of nitrogens with zero attached hydrogens (tertiary/aromatic N) is 3. The summed E-state index contributed by atoms with van der Waals surface area (Å²) in [5.41, 5.74) is 2.54. The number of likely N-dealkylation sites (tertiary alicyclic amines) is 1. The molecule has 0 spiro atoms. The van der Waals surface area contributed by atoms with Crippen molar-refractivity contribution in [3.05, 3.63) is 17.0 Å². The van der Waals surface area contributed by atoms with E-state index in [4.69, 9.17) is 9.26 Å². The molecule has 3 heterocycles. The molecule has 0 radical (unpaired) electrons. The molecule has 124 valence electrons. The third-order valence-corrected chi connectivity index (χ3v) is 5.24. The van der Waals surface area contributed by atoms with Gasteiger partial charge in [-0.15, -0.1) is 0 Å². The first-order valence-corrected chi connectivity index (χ1v) is 8.48. The van der Waals surface area contributed by atoms with Crippen LogP contribution in [-0.2, 0) is 4.74 Å². The molecule has 2 aliphatic heterocycles. The van der Waals surface area contributed by atoms with Gasteiger partial charge in [0.15, 0.2) is 0 Å². The predicted octanol–water partition coefficient (Wildman–Crippen LogP) is 2.54. The molecule has 5 nitrogen and oxygen atoms in total. The Labute approximate surface area is 133 Å². The highest BCUT2D eigenvalue weighted by Crippen LogP contribution is 2.37. The number of aromatic nitrogens is 1. The van der Waals surface area contributed by atoms with Crippen molar-refractivity contribution in [1.82, 2.24) is 15.0 Å². The molecular formula is C17H29N3O2. The van der Waals surface area contributed by atoms with E-state index in [1.807, 2.05) is 6.92 Å². The molecular weight excluding hydrogens is 278 g/mol. The number of hydrogen-bond acceptors (Lipinski definition) is 5. The molecule has 0 unspecified atom stereocenters. The third kappa shape index (κ3) is 3.07. The molecule has 0 aromatic carbocycles. The van der Waals surface area contributed by atoms with Crippen molar-refractivity contribution in [2.24, 2.45) is 0 Å².